The molecule has 1 amide bonds. The molecule has 1 N–H and O–H groups in total. The summed E-state index contributed by atoms with van der Waals surface area (Å²) in [6.07, 6.45) is 3.58. The first-order valence-corrected chi connectivity index (χ1v) is 8.85. The van der Waals surface area contributed by atoms with Crippen molar-refractivity contribution in [3.63, 3.8) is 0 Å². The van der Waals surface area contributed by atoms with E-state index in [0.717, 1.165) is 18.7 Å². The first-order chi connectivity index (χ1) is 12.1. The standard InChI is InChI=1S/C18H19Cl2N3O2/c19-15-4-3-13(10-16(15)20)18(24)22-12-17(14-2-1-5-21-11-14)23-6-8-25-9-7-23/h1-5,10-11,17H,6-9,12H2,(H,22,24). The quantitative estimate of drug-likeness (QED) is 0.866. The van der Waals surface area contributed by atoms with E-state index in [0.29, 0.717) is 35.4 Å². The predicted molar refractivity (Wildman–Crippen MR) is 98.2 cm³/mol. The fourth-order valence-electron chi connectivity index (χ4n) is 2.85. The molecule has 0 aliphatic carbocycles. The van der Waals surface area contributed by atoms with Crippen molar-refractivity contribution in [2.45, 2.75) is 6.04 Å². The normalized spacial score (nSPS) is 16.4. The van der Waals surface area contributed by atoms with Crippen molar-refractivity contribution in [3.05, 3.63) is 63.9 Å². The number of hydrogen-bond acceptors (Lipinski definition) is 4. The highest BCUT2D eigenvalue weighted by Gasteiger charge is 2.23. The Hall–Kier alpha value is -1.66. The predicted octanol–water partition coefficient (Wildman–Crippen LogP) is 3.19. The number of carbonyl (C=O) groups excluding carboxylic acids is 1. The minimum absolute atomic E-state index is 0.0457. The van der Waals surface area contributed by atoms with Gasteiger partial charge in [0.1, 0.15) is 0 Å². The molecule has 1 aliphatic rings. The lowest BCUT2D eigenvalue weighted by molar-refractivity contribution is 0.0161. The first kappa shape index (κ1) is 18.1. The molecule has 25 heavy (non-hydrogen) atoms. The summed E-state index contributed by atoms with van der Waals surface area (Å²) >= 11 is 11.9. The fraction of sp³-hybridized carbons (Fsp3) is 0.333. The molecule has 0 bridgehead atoms. The Bertz CT molecular complexity index is 722. The number of nitrogens with zero attached hydrogens (tertiary/aromatic N) is 2. The Labute approximate surface area is 156 Å². The van der Waals surface area contributed by atoms with Gasteiger partial charge in [0.05, 0.1) is 29.3 Å². The minimum Gasteiger partial charge on any atom is -0.379 e. The number of ether oxygens (including phenoxy) is 1. The average molecular weight is 380 g/mol. The van der Waals surface area contributed by atoms with Crippen LogP contribution in [0.25, 0.3) is 0 Å². The van der Waals surface area contributed by atoms with E-state index in [9.17, 15) is 4.79 Å². The molecule has 1 saturated heterocycles. The maximum Gasteiger partial charge on any atom is 0.251 e. The zero-order chi connectivity index (χ0) is 17.6. The maximum absolute atomic E-state index is 12.5. The molecule has 0 spiro atoms. The number of halogens is 2. The van der Waals surface area contributed by atoms with Crippen molar-refractivity contribution < 1.29 is 9.53 Å². The van der Waals surface area contributed by atoms with Crippen molar-refractivity contribution in [1.29, 1.82) is 0 Å². The Morgan fingerprint density at radius 1 is 1.24 bits per heavy atom. The summed E-state index contributed by atoms with van der Waals surface area (Å²) in [7, 11) is 0. The van der Waals surface area contributed by atoms with Crippen LogP contribution in [0, 0.1) is 0 Å². The van der Waals surface area contributed by atoms with Crippen molar-refractivity contribution in [2.75, 3.05) is 32.8 Å². The van der Waals surface area contributed by atoms with E-state index in [1.165, 1.54) is 0 Å². The highest BCUT2D eigenvalue weighted by atomic mass is 35.5. The van der Waals surface area contributed by atoms with Gasteiger partial charge >= 0.3 is 0 Å². The molecule has 1 unspecified atom stereocenters. The van der Waals surface area contributed by atoms with Crippen molar-refractivity contribution in [3.8, 4) is 0 Å². The van der Waals surface area contributed by atoms with Crippen LogP contribution in [-0.2, 0) is 4.74 Å². The zero-order valence-corrected chi connectivity index (χ0v) is 15.1. The summed E-state index contributed by atoms with van der Waals surface area (Å²) in [6, 6.07) is 8.84. The third kappa shape index (κ3) is 4.70. The molecule has 1 aromatic carbocycles. The number of nitrogens with one attached hydrogen (secondary N) is 1. The summed E-state index contributed by atoms with van der Waals surface area (Å²) in [5.74, 6) is -0.180. The molecule has 7 heteroatoms. The second-order valence-corrected chi connectivity index (χ2v) is 6.60. The molecule has 5 nitrogen and oxygen atoms in total. The van der Waals surface area contributed by atoms with Gasteiger partial charge in [0.25, 0.3) is 5.91 Å². The van der Waals surface area contributed by atoms with Crippen LogP contribution in [0.5, 0.6) is 0 Å². The summed E-state index contributed by atoms with van der Waals surface area (Å²) in [5, 5.41) is 3.79. The number of hydrogen-bond donors (Lipinski definition) is 1. The second kappa shape index (κ2) is 8.63. The van der Waals surface area contributed by atoms with Gasteiger partial charge in [-0.25, -0.2) is 0 Å². The van der Waals surface area contributed by atoms with Crippen LogP contribution in [0.4, 0.5) is 0 Å². The molecule has 0 saturated carbocycles. The lowest BCUT2D eigenvalue weighted by Crippen LogP contribution is -2.43. The van der Waals surface area contributed by atoms with Crippen LogP contribution >= 0.6 is 23.2 Å². The highest BCUT2D eigenvalue weighted by molar-refractivity contribution is 6.42. The van der Waals surface area contributed by atoms with E-state index in [1.807, 2.05) is 18.3 Å². The third-order valence-corrected chi connectivity index (χ3v) is 4.93. The molecule has 0 radical (unpaired) electrons. The molecule has 1 atom stereocenters. The van der Waals surface area contributed by atoms with Gasteiger partial charge in [-0.15, -0.1) is 0 Å². The van der Waals surface area contributed by atoms with Gasteiger partial charge in [-0.2, -0.15) is 0 Å². The number of pyridine rings is 1. The average Bonchev–Trinajstić information content (AvgIpc) is 2.66. The Kier molecular flexibility index (Phi) is 6.26. The van der Waals surface area contributed by atoms with Crippen LogP contribution in [0.15, 0.2) is 42.7 Å². The number of amides is 1. The van der Waals surface area contributed by atoms with Gasteiger partial charge in [-0.1, -0.05) is 29.3 Å². The Balaban J connectivity index is 1.71. The SMILES string of the molecule is O=C(NCC(c1cccnc1)N1CCOCC1)c1ccc(Cl)c(Cl)c1. The number of benzene rings is 1. The molecule has 3 rings (SSSR count). The molecular formula is C18H19Cl2N3O2. The largest absolute Gasteiger partial charge is 0.379 e. The van der Waals surface area contributed by atoms with Crippen LogP contribution in [0.3, 0.4) is 0 Å². The van der Waals surface area contributed by atoms with Crippen molar-refractivity contribution in [1.82, 2.24) is 15.2 Å². The van der Waals surface area contributed by atoms with Crippen molar-refractivity contribution in [2.24, 2.45) is 0 Å². The van der Waals surface area contributed by atoms with Crippen LogP contribution in [-0.4, -0.2) is 48.6 Å². The molecule has 2 heterocycles. The van der Waals surface area contributed by atoms with Gasteiger partial charge in [0.15, 0.2) is 0 Å². The molecule has 1 fully saturated rings. The number of aromatic nitrogens is 1. The molecule has 1 aromatic heterocycles. The monoisotopic (exact) mass is 379 g/mol. The molecule has 1 aliphatic heterocycles. The van der Waals surface area contributed by atoms with Crippen LogP contribution < -0.4 is 5.32 Å². The zero-order valence-electron chi connectivity index (χ0n) is 13.6. The smallest absolute Gasteiger partial charge is 0.251 e. The molecule has 132 valence electrons. The summed E-state index contributed by atoms with van der Waals surface area (Å²) in [6.45, 7) is 3.50. The minimum atomic E-state index is -0.180. The molecular weight excluding hydrogens is 361 g/mol. The van der Waals surface area contributed by atoms with Gasteiger partial charge < -0.3 is 10.1 Å². The van der Waals surface area contributed by atoms with E-state index in [2.05, 4.69) is 15.2 Å². The van der Waals surface area contributed by atoms with Crippen molar-refractivity contribution >= 4 is 29.1 Å². The Morgan fingerprint density at radius 3 is 2.72 bits per heavy atom. The maximum atomic E-state index is 12.5. The van der Waals surface area contributed by atoms with Gasteiger partial charge in [-0.05, 0) is 29.8 Å². The summed E-state index contributed by atoms with van der Waals surface area (Å²) in [4.78, 5) is 19.0. The van der Waals surface area contributed by atoms with E-state index < -0.39 is 0 Å². The fourth-order valence-corrected chi connectivity index (χ4v) is 3.15. The number of morpholine rings is 1. The van der Waals surface area contributed by atoms with Crippen LogP contribution in [0.2, 0.25) is 10.0 Å². The third-order valence-electron chi connectivity index (χ3n) is 4.19. The molecule has 2 aromatic rings. The van der Waals surface area contributed by atoms with E-state index in [4.69, 9.17) is 27.9 Å². The number of carbonyl (C=O) groups is 1. The summed E-state index contributed by atoms with van der Waals surface area (Å²) in [5.41, 5.74) is 1.56. The lowest BCUT2D eigenvalue weighted by Gasteiger charge is -2.34. The number of rotatable bonds is 5. The van der Waals surface area contributed by atoms with Gasteiger partial charge in [0.2, 0.25) is 0 Å². The second-order valence-electron chi connectivity index (χ2n) is 5.79. The van der Waals surface area contributed by atoms with E-state index in [1.54, 1.807) is 24.4 Å². The van der Waals surface area contributed by atoms with E-state index >= 15 is 0 Å². The lowest BCUT2D eigenvalue weighted by atomic mass is 10.1. The van der Waals surface area contributed by atoms with Gasteiger partial charge in [0, 0.05) is 37.6 Å². The first-order valence-electron chi connectivity index (χ1n) is 8.10. The van der Waals surface area contributed by atoms with E-state index in [-0.39, 0.29) is 11.9 Å². The Morgan fingerprint density at radius 2 is 2.04 bits per heavy atom. The van der Waals surface area contributed by atoms with Crippen LogP contribution in [0.1, 0.15) is 22.0 Å². The van der Waals surface area contributed by atoms with Gasteiger partial charge in [-0.3, -0.25) is 14.7 Å². The highest BCUT2D eigenvalue weighted by Crippen LogP contribution is 2.23. The topological polar surface area (TPSA) is 54.5 Å². The summed E-state index contributed by atoms with van der Waals surface area (Å²) < 4.78 is 5.43.